The summed E-state index contributed by atoms with van der Waals surface area (Å²) in [4.78, 5) is 0. The molecule has 3 unspecified atom stereocenters. The van der Waals surface area contributed by atoms with Gasteiger partial charge in [0.05, 0.1) is 12.2 Å². The van der Waals surface area contributed by atoms with Crippen molar-refractivity contribution in [3.05, 3.63) is 0 Å². The Morgan fingerprint density at radius 3 is 2.75 bits per heavy atom. The molecule has 70 valence electrons. The van der Waals surface area contributed by atoms with Crippen LogP contribution in [-0.2, 0) is 4.74 Å². The summed E-state index contributed by atoms with van der Waals surface area (Å²) in [6.07, 6.45) is 9.04. The number of hydrogen-bond acceptors (Lipinski definition) is 2. The summed E-state index contributed by atoms with van der Waals surface area (Å²) in [5.74, 6) is 0.871. The van der Waals surface area contributed by atoms with E-state index in [9.17, 15) is 0 Å². The zero-order valence-electron chi connectivity index (χ0n) is 7.67. The Bertz CT molecular complexity index is 149. The van der Waals surface area contributed by atoms with Crippen molar-refractivity contribution in [2.24, 2.45) is 11.7 Å². The van der Waals surface area contributed by atoms with Crippen LogP contribution in [0.3, 0.4) is 0 Å². The normalized spacial score (nSPS) is 39.2. The van der Waals surface area contributed by atoms with Crippen LogP contribution in [0.2, 0.25) is 0 Å². The van der Waals surface area contributed by atoms with E-state index in [4.69, 9.17) is 10.5 Å². The van der Waals surface area contributed by atoms with E-state index in [0.717, 1.165) is 12.5 Å². The SMILES string of the molecule is NCCCCC1CC2CCC1O2. The molecule has 0 aromatic heterocycles. The summed E-state index contributed by atoms with van der Waals surface area (Å²) in [7, 11) is 0. The highest BCUT2D eigenvalue weighted by Crippen LogP contribution is 2.40. The molecule has 2 saturated heterocycles. The zero-order chi connectivity index (χ0) is 8.39. The standard InChI is InChI=1S/C10H19NO/c11-6-2-1-3-8-7-9-4-5-10(8)12-9/h8-10H,1-7,11H2. The molecule has 0 amide bonds. The summed E-state index contributed by atoms with van der Waals surface area (Å²) >= 11 is 0. The van der Waals surface area contributed by atoms with Gasteiger partial charge in [0, 0.05) is 0 Å². The van der Waals surface area contributed by atoms with E-state index in [1.54, 1.807) is 0 Å². The van der Waals surface area contributed by atoms with Gasteiger partial charge in [-0.15, -0.1) is 0 Å². The lowest BCUT2D eigenvalue weighted by atomic mass is 9.86. The molecular formula is C10H19NO. The smallest absolute Gasteiger partial charge is 0.0609 e. The van der Waals surface area contributed by atoms with Gasteiger partial charge >= 0.3 is 0 Å². The van der Waals surface area contributed by atoms with Crippen LogP contribution in [0.25, 0.3) is 0 Å². The second-order valence-electron chi connectivity index (χ2n) is 4.15. The number of unbranched alkanes of at least 4 members (excludes halogenated alkanes) is 1. The van der Waals surface area contributed by atoms with Crippen molar-refractivity contribution in [1.29, 1.82) is 0 Å². The Morgan fingerprint density at radius 1 is 1.25 bits per heavy atom. The molecule has 2 aliphatic heterocycles. The topological polar surface area (TPSA) is 35.2 Å². The van der Waals surface area contributed by atoms with Crippen LogP contribution in [0.1, 0.15) is 38.5 Å². The minimum Gasteiger partial charge on any atom is -0.375 e. The monoisotopic (exact) mass is 169 g/mol. The Hall–Kier alpha value is -0.0800. The minimum atomic E-state index is 0.618. The molecule has 0 saturated carbocycles. The van der Waals surface area contributed by atoms with Gasteiger partial charge in [-0.3, -0.25) is 0 Å². The largest absolute Gasteiger partial charge is 0.375 e. The fourth-order valence-corrected chi connectivity index (χ4v) is 2.60. The quantitative estimate of drug-likeness (QED) is 0.650. The maximum Gasteiger partial charge on any atom is 0.0609 e. The maximum absolute atomic E-state index is 5.78. The second kappa shape index (κ2) is 3.75. The third kappa shape index (κ3) is 1.64. The molecule has 0 aromatic carbocycles. The van der Waals surface area contributed by atoms with Gasteiger partial charge in [-0.25, -0.2) is 0 Å². The lowest BCUT2D eigenvalue weighted by molar-refractivity contribution is 0.0909. The van der Waals surface area contributed by atoms with Gasteiger partial charge in [-0.2, -0.15) is 0 Å². The minimum absolute atomic E-state index is 0.618. The third-order valence-electron chi connectivity index (χ3n) is 3.26. The highest BCUT2D eigenvalue weighted by atomic mass is 16.5. The predicted molar refractivity (Wildman–Crippen MR) is 48.9 cm³/mol. The summed E-state index contributed by atoms with van der Waals surface area (Å²) < 4.78 is 5.78. The van der Waals surface area contributed by atoms with E-state index in [1.807, 2.05) is 0 Å². The van der Waals surface area contributed by atoms with Gasteiger partial charge in [0.25, 0.3) is 0 Å². The molecule has 2 heterocycles. The number of fused-ring (bicyclic) bond motifs is 2. The van der Waals surface area contributed by atoms with Crippen molar-refractivity contribution in [2.75, 3.05) is 6.54 Å². The molecule has 2 rings (SSSR count). The fourth-order valence-electron chi connectivity index (χ4n) is 2.60. The molecule has 2 fully saturated rings. The zero-order valence-corrected chi connectivity index (χ0v) is 7.67. The molecule has 2 nitrogen and oxygen atoms in total. The van der Waals surface area contributed by atoms with E-state index in [2.05, 4.69) is 0 Å². The van der Waals surface area contributed by atoms with Crippen molar-refractivity contribution < 1.29 is 4.74 Å². The predicted octanol–water partition coefficient (Wildman–Crippen LogP) is 1.68. The van der Waals surface area contributed by atoms with Gasteiger partial charge in [-0.1, -0.05) is 6.42 Å². The van der Waals surface area contributed by atoms with Gasteiger partial charge in [0.15, 0.2) is 0 Å². The highest BCUT2D eigenvalue weighted by molar-refractivity contribution is 4.89. The first-order chi connectivity index (χ1) is 5.90. The molecule has 12 heavy (non-hydrogen) atoms. The van der Waals surface area contributed by atoms with Crippen molar-refractivity contribution in [3.8, 4) is 0 Å². The van der Waals surface area contributed by atoms with E-state index in [-0.39, 0.29) is 0 Å². The molecule has 2 heteroatoms. The summed E-state index contributed by atoms with van der Waals surface area (Å²) in [6, 6.07) is 0. The summed E-state index contributed by atoms with van der Waals surface area (Å²) in [5.41, 5.74) is 5.46. The molecule has 0 radical (unpaired) electrons. The Morgan fingerprint density at radius 2 is 2.17 bits per heavy atom. The van der Waals surface area contributed by atoms with Crippen molar-refractivity contribution >= 4 is 0 Å². The summed E-state index contributed by atoms with van der Waals surface area (Å²) in [6.45, 7) is 0.849. The highest BCUT2D eigenvalue weighted by Gasteiger charge is 2.39. The molecule has 0 aromatic rings. The van der Waals surface area contributed by atoms with Gasteiger partial charge in [0.1, 0.15) is 0 Å². The van der Waals surface area contributed by atoms with Crippen molar-refractivity contribution in [1.82, 2.24) is 0 Å². The van der Waals surface area contributed by atoms with Crippen LogP contribution < -0.4 is 5.73 Å². The van der Waals surface area contributed by atoms with E-state index in [0.29, 0.717) is 12.2 Å². The number of ether oxygens (including phenoxy) is 1. The van der Waals surface area contributed by atoms with Crippen LogP contribution in [0.4, 0.5) is 0 Å². The second-order valence-corrected chi connectivity index (χ2v) is 4.15. The lowest BCUT2D eigenvalue weighted by Gasteiger charge is -2.17. The van der Waals surface area contributed by atoms with Crippen molar-refractivity contribution in [2.45, 2.75) is 50.7 Å². The Balaban J connectivity index is 1.69. The van der Waals surface area contributed by atoms with Gasteiger partial charge < -0.3 is 10.5 Å². The lowest BCUT2D eigenvalue weighted by Crippen LogP contribution is -2.16. The van der Waals surface area contributed by atoms with Crippen molar-refractivity contribution in [3.63, 3.8) is 0 Å². The Labute approximate surface area is 74.5 Å². The van der Waals surface area contributed by atoms with Crippen LogP contribution in [0, 0.1) is 5.92 Å². The van der Waals surface area contributed by atoms with Crippen LogP contribution >= 0.6 is 0 Å². The van der Waals surface area contributed by atoms with Crippen LogP contribution in [0.15, 0.2) is 0 Å². The average molecular weight is 169 g/mol. The van der Waals surface area contributed by atoms with E-state index >= 15 is 0 Å². The van der Waals surface area contributed by atoms with Crippen LogP contribution in [-0.4, -0.2) is 18.8 Å². The Kier molecular flexibility index (Phi) is 2.66. The molecule has 3 atom stereocenters. The van der Waals surface area contributed by atoms with Crippen LogP contribution in [0.5, 0.6) is 0 Å². The number of hydrogen-bond donors (Lipinski definition) is 1. The fraction of sp³-hybridized carbons (Fsp3) is 1.00. The van der Waals surface area contributed by atoms with E-state index in [1.165, 1.54) is 38.5 Å². The average Bonchev–Trinajstić information content (AvgIpc) is 2.65. The number of nitrogens with two attached hydrogens (primary N) is 1. The number of rotatable bonds is 4. The molecule has 0 aliphatic carbocycles. The first kappa shape index (κ1) is 8.52. The molecule has 0 spiro atoms. The molecule has 2 bridgehead atoms. The summed E-state index contributed by atoms with van der Waals surface area (Å²) in [5, 5.41) is 0. The third-order valence-corrected chi connectivity index (χ3v) is 3.26. The molecule has 2 N–H and O–H groups in total. The molecular weight excluding hydrogens is 150 g/mol. The first-order valence-corrected chi connectivity index (χ1v) is 5.25. The van der Waals surface area contributed by atoms with Gasteiger partial charge in [-0.05, 0) is 44.6 Å². The first-order valence-electron chi connectivity index (χ1n) is 5.25. The molecule has 2 aliphatic rings. The van der Waals surface area contributed by atoms with Gasteiger partial charge in [0.2, 0.25) is 0 Å². The maximum atomic E-state index is 5.78. The van der Waals surface area contributed by atoms with E-state index < -0.39 is 0 Å².